The van der Waals surface area contributed by atoms with Gasteiger partial charge in [-0.1, -0.05) is 25.5 Å². The van der Waals surface area contributed by atoms with Gasteiger partial charge in [-0.2, -0.15) is 5.10 Å². The summed E-state index contributed by atoms with van der Waals surface area (Å²) in [6.07, 6.45) is 12.6. The molecule has 2 aliphatic carbocycles. The minimum absolute atomic E-state index is 0.272. The minimum atomic E-state index is -0.855. The van der Waals surface area contributed by atoms with Crippen molar-refractivity contribution in [3.8, 4) is 0 Å². The molecule has 0 radical (unpaired) electrons. The lowest BCUT2D eigenvalue weighted by atomic mass is 9.62. The van der Waals surface area contributed by atoms with E-state index in [1.807, 2.05) is 6.20 Å². The minimum Gasteiger partial charge on any atom is -0.389 e. The van der Waals surface area contributed by atoms with Crippen molar-refractivity contribution in [2.75, 3.05) is 0 Å². The van der Waals surface area contributed by atoms with Gasteiger partial charge in [-0.25, -0.2) is 4.39 Å². The third-order valence-electron chi connectivity index (χ3n) is 5.48. The zero-order chi connectivity index (χ0) is 17.2. The largest absolute Gasteiger partial charge is 0.389 e. The molecule has 1 heterocycles. The average Bonchev–Trinajstić information content (AvgIpc) is 3.13. The van der Waals surface area contributed by atoms with Crippen LogP contribution in [0, 0.1) is 5.41 Å². The highest BCUT2D eigenvalue weighted by Gasteiger charge is 2.56. The maximum Gasteiger partial charge on any atom is 0.140 e. The number of nitrogens with zero attached hydrogens (tertiary/aromatic N) is 2. The molecule has 1 saturated carbocycles. The molecule has 0 bridgehead atoms. The van der Waals surface area contributed by atoms with E-state index in [1.54, 1.807) is 6.21 Å². The lowest BCUT2D eigenvalue weighted by molar-refractivity contribution is -0.0459. The molecule has 1 aromatic heterocycles. The second-order valence-electron chi connectivity index (χ2n) is 6.77. The monoisotopic (exact) mass is 329 g/mol. The number of hydrogen-bond donors (Lipinski definition) is 2. The first-order chi connectivity index (χ1) is 11.5. The second-order valence-corrected chi connectivity index (χ2v) is 6.77. The summed E-state index contributed by atoms with van der Waals surface area (Å²) < 4.78 is 13.1. The Balaban J connectivity index is 1.89. The fourth-order valence-corrected chi connectivity index (χ4v) is 4.28. The number of aliphatic imine (C=N–C) groups is 1. The van der Waals surface area contributed by atoms with Crippen LogP contribution in [0.2, 0.25) is 0 Å². The lowest BCUT2D eigenvalue weighted by Crippen LogP contribution is -2.47. The Bertz CT molecular complexity index is 718. The van der Waals surface area contributed by atoms with Gasteiger partial charge in [0.15, 0.2) is 0 Å². The van der Waals surface area contributed by atoms with E-state index in [4.69, 9.17) is 0 Å². The maximum absolute atomic E-state index is 13.1. The molecular formula is C19H24FN3O. The molecule has 0 aliphatic heterocycles. The van der Waals surface area contributed by atoms with Crippen molar-refractivity contribution in [1.29, 1.82) is 0 Å². The van der Waals surface area contributed by atoms with Crippen LogP contribution in [0.25, 0.3) is 6.08 Å². The molecule has 0 amide bonds. The Hall–Kier alpha value is -2.01. The molecule has 5 heteroatoms. The first kappa shape index (κ1) is 16.8. The zero-order valence-corrected chi connectivity index (χ0v) is 14.1. The number of aliphatic hydroxyl groups is 1. The van der Waals surface area contributed by atoms with Crippen LogP contribution < -0.4 is 0 Å². The molecule has 1 fully saturated rings. The standard InChI is InChI=1S/C19H24FN3O/c1-3-6-18-11-14-12-22-23-17(14)10-15(18)5-7-19(18,24)8-9-21-13-16(20)4-2/h4,9-10,12-13,24H,2-3,5-8,11H2,1H3,(H,22,23)/b16-13+,21-9?. The van der Waals surface area contributed by atoms with Crippen LogP contribution in [-0.4, -0.2) is 27.1 Å². The van der Waals surface area contributed by atoms with Gasteiger partial charge in [0.25, 0.3) is 0 Å². The van der Waals surface area contributed by atoms with E-state index in [0.29, 0.717) is 12.8 Å². The molecule has 2 N–H and O–H groups in total. The number of fused-ring (bicyclic) bond motifs is 2. The summed E-state index contributed by atoms with van der Waals surface area (Å²) in [6.45, 7) is 5.50. The molecule has 2 unspecified atom stereocenters. The SMILES string of the molecule is C=C/C(F)=C\N=CCC1(O)CCC2=Cc3[nH]ncc3CC21CCC. The Morgan fingerprint density at radius 2 is 2.42 bits per heavy atom. The fraction of sp³-hybridized carbons (Fsp3) is 0.474. The van der Waals surface area contributed by atoms with Crippen LogP contribution in [0.5, 0.6) is 0 Å². The summed E-state index contributed by atoms with van der Waals surface area (Å²) in [7, 11) is 0. The number of rotatable bonds is 6. The van der Waals surface area contributed by atoms with Gasteiger partial charge in [-0.05, 0) is 43.4 Å². The van der Waals surface area contributed by atoms with Crippen molar-refractivity contribution in [2.45, 2.75) is 51.0 Å². The topological polar surface area (TPSA) is 61.3 Å². The Morgan fingerprint density at radius 1 is 1.58 bits per heavy atom. The van der Waals surface area contributed by atoms with Crippen molar-refractivity contribution < 1.29 is 9.50 Å². The van der Waals surface area contributed by atoms with Gasteiger partial charge in [-0.3, -0.25) is 10.1 Å². The first-order valence-electron chi connectivity index (χ1n) is 8.50. The third kappa shape index (κ3) is 2.67. The molecule has 4 nitrogen and oxygen atoms in total. The average molecular weight is 329 g/mol. The lowest BCUT2D eigenvalue weighted by Gasteiger charge is -2.44. The van der Waals surface area contributed by atoms with E-state index in [-0.39, 0.29) is 5.41 Å². The van der Waals surface area contributed by atoms with Crippen molar-refractivity contribution >= 4 is 12.3 Å². The number of halogens is 1. The number of hydrogen-bond acceptors (Lipinski definition) is 3. The predicted molar refractivity (Wildman–Crippen MR) is 94.3 cm³/mol. The van der Waals surface area contributed by atoms with Gasteiger partial charge in [-0.15, -0.1) is 0 Å². The molecule has 3 rings (SSSR count). The highest BCUT2D eigenvalue weighted by molar-refractivity contribution is 5.65. The molecule has 128 valence electrons. The third-order valence-corrected chi connectivity index (χ3v) is 5.48. The van der Waals surface area contributed by atoms with Crippen LogP contribution in [-0.2, 0) is 6.42 Å². The van der Waals surface area contributed by atoms with Crippen molar-refractivity contribution in [3.05, 3.63) is 47.7 Å². The van der Waals surface area contributed by atoms with E-state index in [9.17, 15) is 9.50 Å². The van der Waals surface area contributed by atoms with Gasteiger partial charge in [0.2, 0.25) is 0 Å². The number of nitrogens with one attached hydrogen (secondary N) is 1. The summed E-state index contributed by atoms with van der Waals surface area (Å²) in [4.78, 5) is 3.98. The van der Waals surface area contributed by atoms with Gasteiger partial charge in [0.1, 0.15) is 5.83 Å². The summed E-state index contributed by atoms with van der Waals surface area (Å²) in [5.41, 5.74) is 2.38. The Morgan fingerprint density at radius 3 is 3.17 bits per heavy atom. The Labute approximate surface area is 141 Å². The Kier molecular flexibility index (Phi) is 4.54. The van der Waals surface area contributed by atoms with E-state index >= 15 is 0 Å². The van der Waals surface area contributed by atoms with Crippen LogP contribution in [0.1, 0.15) is 50.3 Å². The van der Waals surface area contributed by atoms with Crippen LogP contribution in [0.15, 0.2) is 41.4 Å². The molecule has 1 aromatic rings. The second kappa shape index (κ2) is 6.48. The summed E-state index contributed by atoms with van der Waals surface area (Å²) in [5.74, 6) is -0.478. The van der Waals surface area contributed by atoms with E-state index in [1.165, 1.54) is 5.57 Å². The normalized spacial score (nSPS) is 29.5. The number of aromatic amines is 1. The van der Waals surface area contributed by atoms with E-state index in [2.05, 4.69) is 34.8 Å². The van der Waals surface area contributed by atoms with E-state index < -0.39 is 11.4 Å². The van der Waals surface area contributed by atoms with Gasteiger partial charge in [0.05, 0.1) is 23.7 Å². The number of H-pyrrole nitrogens is 1. The van der Waals surface area contributed by atoms with Gasteiger partial charge in [0, 0.05) is 18.1 Å². The van der Waals surface area contributed by atoms with Crippen molar-refractivity contribution in [1.82, 2.24) is 10.2 Å². The molecule has 24 heavy (non-hydrogen) atoms. The van der Waals surface area contributed by atoms with Crippen molar-refractivity contribution in [3.63, 3.8) is 0 Å². The van der Waals surface area contributed by atoms with Crippen LogP contribution in [0.4, 0.5) is 4.39 Å². The maximum atomic E-state index is 13.1. The zero-order valence-electron chi connectivity index (χ0n) is 14.1. The fourth-order valence-electron chi connectivity index (χ4n) is 4.28. The molecule has 2 aliphatic rings. The molecule has 0 saturated heterocycles. The number of aromatic nitrogens is 2. The van der Waals surface area contributed by atoms with Gasteiger partial charge < -0.3 is 5.11 Å². The molecule has 0 spiro atoms. The summed E-state index contributed by atoms with van der Waals surface area (Å²) in [6, 6.07) is 0. The quantitative estimate of drug-likeness (QED) is 0.609. The first-order valence-corrected chi connectivity index (χ1v) is 8.50. The van der Waals surface area contributed by atoms with Gasteiger partial charge >= 0.3 is 0 Å². The highest BCUT2D eigenvalue weighted by atomic mass is 19.1. The van der Waals surface area contributed by atoms with Crippen LogP contribution in [0.3, 0.4) is 0 Å². The van der Waals surface area contributed by atoms with Crippen molar-refractivity contribution in [2.24, 2.45) is 10.4 Å². The molecule has 0 aromatic carbocycles. The van der Waals surface area contributed by atoms with E-state index in [0.717, 1.165) is 49.2 Å². The molecule has 2 atom stereocenters. The summed E-state index contributed by atoms with van der Waals surface area (Å²) in [5, 5.41) is 18.6. The number of allylic oxidation sites excluding steroid dienone is 2. The smallest absolute Gasteiger partial charge is 0.140 e. The predicted octanol–water partition coefficient (Wildman–Crippen LogP) is 4.12. The highest BCUT2D eigenvalue weighted by Crippen LogP contribution is 2.58. The molecular weight excluding hydrogens is 305 g/mol. The van der Waals surface area contributed by atoms with Crippen LogP contribution >= 0.6 is 0 Å². The summed E-state index contributed by atoms with van der Waals surface area (Å²) >= 11 is 0.